The predicted molar refractivity (Wildman–Crippen MR) is 158 cm³/mol. The molecule has 0 unspecified atom stereocenters. The van der Waals surface area contributed by atoms with Crippen LogP contribution in [-0.2, 0) is 19.6 Å². The van der Waals surface area contributed by atoms with Gasteiger partial charge in [0.2, 0.25) is 10.0 Å². The number of hydrogen-bond acceptors (Lipinski definition) is 7. The van der Waals surface area contributed by atoms with Gasteiger partial charge in [-0.05, 0) is 43.2 Å². The van der Waals surface area contributed by atoms with Crippen molar-refractivity contribution in [2.75, 3.05) is 33.4 Å². The molecule has 0 N–H and O–H groups in total. The van der Waals surface area contributed by atoms with E-state index in [1.54, 1.807) is 40.4 Å². The Labute approximate surface area is 238 Å². The zero-order chi connectivity index (χ0) is 27.4. The number of nitrogens with zero attached hydrogens (tertiary/aromatic N) is 4. The van der Waals surface area contributed by atoms with Crippen LogP contribution in [0.5, 0.6) is 0 Å². The average molecular weight is 583 g/mol. The van der Waals surface area contributed by atoms with Crippen molar-refractivity contribution in [3.05, 3.63) is 71.3 Å². The van der Waals surface area contributed by atoms with Crippen molar-refractivity contribution >= 4 is 50.3 Å². The molecular formula is C28H30N4O4S3. The Kier molecular flexibility index (Phi) is 8.63. The summed E-state index contributed by atoms with van der Waals surface area (Å²) in [6.07, 6.45) is 7.46. The molecule has 1 aromatic heterocycles. The number of rotatable bonds is 8. The van der Waals surface area contributed by atoms with Crippen molar-refractivity contribution in [2.24, 2.45) is 0 Å². The highest BCUT2D eigenvalue weighted by Gasteiger charge is 2.32. The third-order valence-electron chi connectivity index (χ3n) is 6.75. The van der Waals surface area contributed by atoms with Gasteiger partial charge in [-0.15, -0.1) is 0 Å². The molecule has 2 saturated heterocycles. The van der Waals surface area contributed by atoms with Crippen molar-refractivity contribution in [3.63, 3.8) is 0 Å². The molecular weight excluding hydrogens is 553 g/mol. The summed E-state index contributed by atoms with van der Waals surface area (Å²) >= 11 is 6.68. The van der Waals surface area contributed by atoms with Gasteiger partial charge in [0.25, 0.3) is 5.91 Å². The van der Waals surface area contributed by atoms with E-state index in [0.29, 0.717) is 52.3 Å². The van der Waals surface area contributed by atoms with Gasteiger partial charge in [-0.25, -0.2) is 13.1 Å². The number of para-hydroxylation sites is 1. The number of sulfonamides is 1. The third kappa shape index (κ3) is 6.02. The number of aromatic nitrogens is 2. The zero-order valence-electron chi connectivity index (χ0n) is 21.7. The van der Waals surface area contributed by atoms with Crippen LogP contribution in [0, 0.1) is 0 Å². The Morgan fingerprint density at radius 3 is 2.51 bits per heavy atom. The second-order valence-electron chi connectivity index (χ2n) is 9.39. The first-order valence-corrected chi connectivity index (χ1v) is 15.5. The van der Waals surface area contributed by atoms with Crippen LogP contribution in [0.2, 0.25) is 0 Å². The smallest absolute Gasteiger partial charge is 0.266 e. The Morgan fingerprint density at radius 1 is 1.05 bits per heavy atom. The van der Waals surface area contributed by atoms with Crippen molar-refractivity contribution in [1.29, 1.82) is 0 Å². The lowest BCUT2D eigenvalue weighted by Crippen LogP contribution is -2.31. The monoisotopic (exact) mass is 582 g/mol. The molecule has 0 spiro atoms. The standard InChI is InChI=1S/C28H30N4O4S3/c1-36-17-16-31-27(33)25(38-28(31)37)19-22-20-32(23-11-5-4-6-12-23)29-26(22)21-10-9-13-24(18-21)39(34,35)30-14-7-2-3-8-15-30/h4-6,9-13,18-20H,2-3,7-8,14-17H2,1H3/b25-19-. The van der Waals surface area contributed by atoms with E-state index in [4.69, 9.17) is 22.1 Å². The molecule has 204 valence electrons. The minimum Gasteiger partial charge on any atom is -0.383 e. The van der Waals surface area contributed by atoms with Gasteiger partial charge in [-0.2, -0.15) is 9.40 Å². The summed E-state index contributed by atoms with van der Waals surface area (Å²) in [5.41, 5.74) is 2.77. The number of thiocarbonyl (C=S) groups is 1. The van der Waals surface area contributed by atoms with E-state index in [9.17, 15) is 13.2 Å². The van der Waals surface area contributed by atoms with Crippen LogP contribution in [0.1, 0.15) is 31.2 Å². The zero-order valence-corrected chi connectivity index (χ0v) is 24.1. The van der Waals surface area contributed by atoms with E-state index in [1.807, 2.05) is 42.6 Å². The lowest BCUT2D eigenvalue weighted by atomic mass is 10.1. The molecule has 2 aliphatic heterocycles. The molecule has 2 fully saturated rings. The largest absolute Gasteiger partial charge is 0.383 e. The maximum Gasteiger partial charge on any atom is 0.266 e. The van der Waals surface area contributed by atoms with Crippen molar-refractivity contribution in [2.45, 2.75) is 30.6 Å². The number of methoxy groups -OCH3 is 1. The molecule has 0 aliphatic carbocycles. The second-order valence-corrected chi connectivity index (χ2v) is 13.0. The minimum atomic E-state index is -3.64. The lowest BCUT2D eigenvalue weighted by Gasteiger charge is -2.20. The van der Waals surface area contributed by atoms with Crippen LogP contribution in [0.4, 0.5) is 0 Å². The van der Waals surface area contributed by atoms with Gasteiger partial charge in [0.05, 0.1) is 28.6 Å². The quantitative estimate of drug-likeness (QED) is 0.274. The number of carbonyl (C=O) groups is 1. The second kappa shape index (κ2) is 12.1. The van der Waals surface area contributed by atoms with Crippen LogP contribution in [0.3, 0.4) is 0 Å². The number of ether oxygens (including phenoxy) is 1. The summed E-state index contributed by atoms with van der Waals surface area (Å²) in [4.78, 5) is 15.4. The summed E-state index contributed by atoms with van der Waals surface area (Å²) in [6.45, 7) is 1.83. The molecule has 2 aromatic carbocycles. The normalized spacial score (nSPS) is 18.2. The van der Waals surface area contributed by atoms with Crippen LogP contribution < -0.4 is 0 Å². The number of benzene rings is 2. The Morgan fingerprint density at radius 2 is 1.79 bits per heavy atom. The Hall–Kier alpha value is -2.83. The van der Waals surface area contributed by atoms with Crippen LogP contribution >= 0.6 is 24.0 Å². The molecule has 0 radical (unpaired) electrons. The molecule has 1 amide bonds. The number of amides is 1. The fourth-order valence-corrected chi connectivity index (χ4v) is 7.54. The number of hydrogen-bond donors (Lipinski definition) is 0. The molecule has 2 aliphatic rings. The van der Waals surface area contributed by atoms with Crippen molar-refractivity contribution in [1.82, 2.24) is 19.0 Å². The first-order chi connectivity index (χ1) is 18.9. The van der Waals surface area contributed by atoms with E-state index >= 15 is 0 Å². The Bertz CT molecular complexity index is 1490. The van der Waals surface area contributed by atoms with Crippen LogP contribution in [0.25, 0.3) is 23.0 Å². The minimum absolute atomic E-state index is 0.182. The van der Waals surface area contributed by atoms with Gasteiger partial charge in [0.15, 0.2) is 0 Å². The molecule has 3 aromatic rings. The highest BCUT2D eigenvalue weighted by molar-refractivity contribution is 8.26. The molecule has 39 heavy (non-hydrogen) atoms. The molecule has 0 atom stereocenters. The van der Waals surface area contributed by atoms with E-state index < -0.39 is 10.0 Å². The van der Waals surface area contributed by atoms with Crippen LogP contribution in [0.15, 0.2) is 70.6 Å². The van der Waals surface area contributed by atoms with E-state index in [1.165, 1.54) is 16.7 Å². The lowest BCUT2D eigenvalue weighted by molar-refractivity contribution is -0.122. The van der Waals surface area contributed by atoms with Crippen molar-refractivity contribution < 1.29 is 17.9 Å². The molecule has 11 heteroatoms. The molecule has 0 saturated carbocycles. The molecule has 5 rings (SSSR count). The topological polar surface area (TPSA) is 84.7 Å². The van der Waals surface area contributed by atoms with E-state index in [-0.39, 0.29) is 10.8 Å². The number of thioether (sulfide) groups is 1. The highest BCUT2D eigenvalue weighted by Crippen LogP contribution is 2.35. The first-order valence-electron chi connectivity index (χ1n) is 12.9. The highest BCUT2D eigenvalue weighted by atomic mass is 32.2. The van der Waals surface area contributed by atoms with Crippen LogP contribution in [-0.4, -0.2) is 71.0 Å². The molecule has 3 heterocycles. The number of carbonyl (C=O) groups excluding carboxylic acids is 1. The van der Waals surface area contributed by atoms with E-state index in [0.717, 1.165) is 31.4 Å². The predicted octanol–water partition coefficient (Wildman–Crippen LogP) is 4.95. The summed E-state index contributed by atoms with van der Waals surface area (Å²) in [5, 5.41) is 4.83. The van der Waals surface area contributed by atoms with Gasteiger partial charge in [0.1, 0.15) is 10.0 Å². The van der Waals surface area contributed by atoms with Gasteiger partial charge in [0, 0.05) is 37.5 Å². The van der Waals surface area contributed by atoms with Crippen molar-refractivity contribution in [3.8, 4) is 16.9 Å². The average Bonchev–Trinajstić information content (AvgIpc) is 3.33. The maximum atomic E-state index is 13.5. The van der Waals surface area contributed by atoms with Gasteiger partial charge < -0.3 is 4.74 Å². The summed E-state index contributed by atoms with van der Waals surface area (Å²) in [7, 11) is -2.06. The molecule has 0 bridgehead atoms. The van der Waals surface area contributed by atoms with E-state index in [2.05, 4.69) is 0 Å². The SMILES string of the molecule is COCCN1C(=O)/C(=C/c2cn(-c3ccccc3)nc2-c2cccc(S(=O)(=O)N3CCCCCC3)c2)SC1=S. The fraction of sp³-hybridized carbons (Fsp3) is 0.321. The third-order valence-corrected chi connectivity index (χ3v) is 10.0. The maximum absolute atomic E-state index is 13.5. The summed E-state index contributed by atoms with van der Waals surface area (Å²) in [5.74, 6) is -0.182. The summed E-state index contributed by atoms with van der Waals surface area (Å²) in [6, 6.07) is 16.6. The van der Waals surface area contributed by atoms with Gasteiger partial charge in [-0.1, -0.05) is 67.2 Å². The van der Waals surface area contributed by atoms with Gasteiger partial charge >= 0.3 is 0 Å². The van der Waals surface area contributed by atoms with Gasteiger partial charge in [-0.3, -0.25) is 9.69 Å². The first kappa shape index (κ1) is 27.7. The Balaban J connectivity index is 1.56. The fourth-order valence-electron chi connectivity index (χ4n) is 4.68. The summed E-state index contributed by atoms with van der Waals surface area (Å²) < 4.78 is 36.0. The molecule has 8 nitrogen and oxygen atoms in total.